The zero-order valence-corrected chi connectivity index (χ0v) is 9.07. The van der Waals surface area contributed by atoms with Crippen molar-refractivity contribution in [3.05, 3.63) is 0 Å². The van der Waals surface area contributed by atoms with Crippen LogP contribution in [0.15, 0.2) is 4.99 Å². The van der Waals surface area contributed by atoms with Gasteiger partial charge in [0.1, 0.15) is 6.17 Å². The van der Waals surface area contributed by atoms with E-state index in [1.807, 2.05) is 13.8 Å². The summed E-state index contributed by atoms with van der Waals surface area (Å²) in [5.41, 5.74) is -0.201. The van der Waals surface area contributed by atoms with E-state index in [4.69, 9.17) is 11.8 Å². The molecular formula is C9H18ClFN2. The van der Waals surface area contributed by atoms with E-state index in [2.05, 4.69) is 16.5 Å². The minimum atomic E-state index is -0.796. The molecule has 1 atom stereocenters. The highest BCUT2D eigenvalue weighted by Gasteiger charge is 2.18. The highest BCUT2D eigenvalue weighted by molar-refractivity contribution is 6.13. The lowest BCUT2D eigenvalue weighted by atomic mass is 9.97. The number of hydrogen-bond donors (Lipinski definition) is 1. The Bertz CT molecular complexity index is 151. The number of alkyl halides is 1. The Kier molecular flexibility index (Phi) is 6.25. The van der Waals surface area contributed by atoms with Gasteiger partial charge in [-0.05, 0) is 51.6 Å². The van der Waals surface area contributed by atoms with Crippen molar-refractivity contribution >= 4 is 18.5 Å². The monoisotopic (exact) mass is 208 g/mol. The standard InChI is InChI=1S/C9H18ClFN2/c1-9(2,13-10)6-4-8(11)5-7-12-3/h8,13H,3-7H2,1-2H3. The SMILES string of the molecule is C=NCCC(F)CCC(C)(C)NCl. The molecule has 2 nitrogen and oxygen atoms in total. The van der Waals surface area contributed by atoms with Crippen molar-refractivity contribution in [2.24, 2.45) is 4.99 Å². The maximum Gasteiger partial charge on any atom is 0.102 e. The molecule has 0 aliphatic rings. The highest BCUT2D eigenvalue weighted by Crippen LogP contribution is 2.16. The van der Waals surface area contributed by atoms with E-state index in [1.54, 1.807) is 0 Å². The summed E-state index contributed by atoms with van der Waals surface area (Å²) in [5.74, 6) is 0. The molecule has 0 fully saturated rings. The summed E-state index contributed by atoms with van der Waals surface area (Å²) in [6.45, 7) is 7.69. The molecule has 13 heavy (non-hydrogen) atoms. The Balaban J connectivity index is 3.56. The molecule has 0 rings (SSSR count). The van der Waals surface area contributed by atoms with Crippen LogP contribution in [0.5, 0.6) is 0 Å². The first-order chi connectivity index (χ1) is 6.02. The van der Waals surface area contributed by atoms with Gasteiger partial charge in [-0.1, -0.05) is 0 Å². The molecule has 0 saturated heterocycles. The van der Waals surface area contributed by atoms with Crippen molar-refractivity contribution in [1.29, 1.82) is 0 Å². The number of halogens is 2. The summed E-state index contributed by atoms with van der Waals surface area (Å²) >= 11 is 5.48. The summed E-state index contributed by atoms with van der Waals surface area (Å²) in [4.78, 5) is 6.23. The van der Waals surface area contributed by atoms with Crippen LogP contribution in [0, 0.1) is 0 Å². The van der Waals surface area contributed by atoms with Crippen molar-refractivity contribution in [2.75, 3.05) is 6.54 Å². The van der Waals surface area contributed by atoms with Gasteiger partial charge in [0.05, 0.1) is 0 Å². The molecule has 0 aromatic carbocycles. The van der Waals surface area contributed by atoms with E-state index in [0.717, 1.165) is 6.42 Å². The van der Waals surface area contributed by atoms with Crippen molar-refractivity contribution < 1.29 is 4.39 Å². The first-order valence-electron chi connectivity index (χ1n) is 4.46. The quantitative estimate of drug-likeness (QED) is 0.505. The summed E-state index contributed by atoms with van der Waals surface area (Å²) in [6, 6.07) is 0. The molecule has 0 bridgehead atoms. The maximum atomic E-state index is 13.1. The van der Waals surface area contributed by atoms with Crippen LogP contribution in [-0.4, -0.2) is 25.0 Å². The Morgan fingerprint density at radius 2 is 2.15 bits per heavy atom. The minimum Gasteiger partial charge on any atom is -0.301 e. The van der Waals surface area contributed by atoms with Crippen LogP contribution < -0.4 is 4.84 Å². The Morgan fingerprint density at radius 1 is 1.54 bits per heavy atom. The van der Waals surface area contributed by atoms with Gasteiger partial charge >= 0.3 is 0 Å². The van der Waals surface area contributed by atoms with E-state index < -0.39 is 6.17 Å². The van der Waals surface area contributed by atoms with Gasteiger partial charge in [-0.3, -0.25) is 0 Å². The molecule has 0 amide bonds. The molecule has 1 N–H and O–H groups in total. The van der Waals surface area contributed by atoms with Crippen LogP contribution in [0.1, 0.15) is 33.1 Å². The van der Waals surface area contributed by atoms with E-state index in [9.17, 15) is 4.39 Å². The van der Waals surface area contributed by atoms with Crippen molar-refractivity contribution in [1.82, 2.24) is 4.84 Å². The van der Waals surface area contributed by atoms with Gasteiger partial charge in [-0.25, -0.2) is 9.23 Å². The predicted molar refractivity (Wildman–Crippen MR) is 56.2 cm³/mol. The Morgan fingerprint density at radius 3 is 2.62 bits per heavy atom. The van der Waals surface area contributed by atoms with Crippen LogP contribution in [0.3, 0.4) is 0 Å². The average molecular weight is 209 g/mol. The second-order valence-corrected chi connectivity index (χ2v) is 4.04. The molecule has 0 aliphatic carbocycles. The Hall–Kier alpha value is -0.150. The van der Waals surface area contributed by atoms with E-state index in [1.165, 1.54) is 0 Å². The fourth-order valence-corrected chi connectivity index (χ4v) is 1.03. The maximum absolute atomic E-state index is 13.1. The molecule has 1 unspecified atom stereocenters. The Labute approximate surface area is 84.7 Å². The van der Waals surface area contributed by atoms with Crippen molar-refractivity contribution in [3.63, 3.8) is 0 Å². The molecule has 0 spiro atoms. The minimum absolute atomic E-state index is 0.201. The lowest BCUT2D eigenvalue weighted by Gasteiger charge is -2.22. The van der Waals surface area contributed by atoms with Gasteiger partial charge in [-0.2, -0.15) is 0 Å². The molecular weight excluding hydrogens is 191 g/mol. The van der Waals surface area contributed by atoms with E-state index in [-0.39, 0.29) is 5.54 Å². The average Bonchev–Trinajstić information content (AvgIpc) is 2.11. The van der Waals surface area contributed by atoms with Crippen molar-refractivity contribution in [2.45, 2.75) is 44.8 Å². The zero-order chi connectivity index (χ0) is 10.3. The first kappa shape index (κ1) is 12.8. The topological polar surface area (TPSA) is 24.4 Å². The van der Waals surface area contributed by atoms with Crippen LogP contribution in [0.2, 0.25) is 0 Å². The third-order valence-electron chi connectivity index (χ3n) is 1.94. The molecule has 0 heterocycles. The smallest absolute Gasteiger partial charge is 0.102 e. The summed E-state index contributed by atoms with van der Waals surface area (Å²) in [7, 11) is 0. The first-order valence-corrected chi connectivity index (χ1v) is 4.84. The van der Waals surface area contributed by atoms with Crippen LogP contribution in [0.25, 0.3) is 0 Å². The van der Waals surface area contributed by atoms with E-state index >= 15 is 0 Å². The summed E-state index contributed by atoms with van der Waals surface area (Å²) in [5, 5.41) is 0. The van der Waals surface area contributed by atoms with Gasteiger partial charge in [0.25, 0.3) is 0 Å². The molecule has 78 valence electrons. The number of aliphatic imine (C=N–C) groups is 1. The normalized spacial score (nSPS) is 14.2. The van der Waals surface area contributed by atoms with Crippen molar-refractivity contribution in [3.8, 4) is 0 Å². The molecule has 0 radical (unpaired) electrons. The predicted octanol–water partition coefficient (Wildman–Crippen LogP) is 2.72. The fraction of sp³-hybridized carbons (Fsp3) is 0.889. The summed E-state index contributed by atoms with van der Waals surface area (Å²) in [6.07, 6.45) is 0.897. The fourth-order valence-electron chi connectivity index (χ4n) is 0.940. The third kappa shape index (κ3) is 6.96. The largest absolute Gasteiger partial charge is 0.301 e. The van der Waals surface area contributed by atoms with Gasteiger partial charge in [0, 0.05) is 12.1 Å². The van der Waals surface area contributed by atoms with Crippen LogP contribution in [0.4, 0.5) is 4.39 Å². The van der Waals surface area contributed by atoms with E-state index in [0.29, 0.717) is 19.4 Å². The van der Waals surface area contributed by atoms with Gasteiger partial charge < -0.3 is 4.99 Å². The second kappa shape index (κ2) is 6.33. The number of hydrogen-bond acceptors (Lipinski definition) is 2. The van der Waals surface area contributed by atoms with Gasteiger partial charge in [0.2, 0.25) is 0 Å². The lowest BCUT2D eigenvalue weighted by molar-refractivity contribution is 0.267. The van der Waals surface area contributed by atoms with Crippen LogP contribution >= 0.6 is 11.8 Å². The number of nitrogens with zero attached hydrogens (tertiary/aromatic N) is 1. The van der Waals surface area contributed by atoms with Gasteiger partial charge in [0.15, 0.2) is 0 Å². The lowest BCUT2D eigenvalue weighted by Crippen LogP contribution is -2.33. The van der Waals surface area contributed by atoms with Gasteiger partial charge in [-0.15, -0.1) is 0 Å². The van der Waals surface area contributed by atoms with Crippen LogP contribution in [-0.2, 0) is 0 Å². The molecule has 0 aliphatic heterocycles. The third-order valence-corrected chi connectivity index (χ3v) is 2.45. The zero-order valence-electron chi connectivity index (χ0n) is 8.32. The molecule has 4 heteroatoms. The molecule has 0 aromatic heterocycles. The molecule has 0 aromatic rings. The second-order valence-electron chi connectivity index (χ2n) is 3.85. The number of nitrogens with one attached hydrogen (secondary N) is 1. The summed E-state index contributed by atoms with van der Waals surface area (Å²) < 4.78 is 13.1. The highest BCUT2D eigenvalue weighted by atomic mass is 35.5. The molecule has 0 saturated carbocycles. The number of rotatable bonds is 7.